The van der Waals surface area contributed by atoms with Gasteiger partial charge in [-0.1, -0.05) is 35.9 Å². The van der Waals surface area contributed by atoms with Gasteiger partial charge in [0.05, 0.1) is 35.8 Å². The van der Waals surface area contributed by atoms with Crippen molar-refractivity contribution in [1.82, 2.24) is 14.9 Å². The van der Waals surface area contributed by atoms with Gasteiger partial charge in [-0.2, -0.15) is 0 Å². The molecule has 32 heavy (non-hydrogen) atoms. The smallest absolute Gasteiger partial charge is 0.251 e. The van der Waals surface area contributed by atoms with Crippen LogP contribution in [-0.2, 0) is 6.54 Å². The number of para-hydroxylation sites is 3. The molecular weight excluding hydrogens is 426 g/mol. The van der Waals surface area contributed by atoms with Crippen LogP contribution in [0.4, 0.5) is 0 Å². The van der Waals surface area contributed by atoms with E-state index < -0.39 is 0 Å². The van der Waals surface area contributed by atoms with Crippen molar-refractivity contribution in [3.8, 4) is 11.5 Å². The predicted molar refractivity (Wildman–Crippen MR) is 126 cm³/mol. The Hall–Kier alpha value is -3.51. The number of nitrogens with one attached hydrogen (secondary N) is 1. The summed E-state index contributed by atoms with van der Waals surface area (Å²) in [5, 5.41) is 3.62. The Morgan fingerprint density at radius 2 is 1.78 bits per heavy atom. The molecule has 164 valence electrons. The summed E-state index contributed by atoms with van der Waals surface area (Å²) >= 11 is 6.20. The van der Waals surface area contributed by atoms with Crippen LogP contribution in [0.3, 0.4) is 0 Å². The van der Waals surface area contributed by atoms with Gasteiger partial charge < -0.3 is 19.4 Å². The molecule has 1 aromatic heterocycles. The van der Waals surface area contributed by atoms with Crippen LogP contribution in [-0.4, -0.2) is 29.2 Å². The van der Waals surface area contributed by atoms with Crippen LogP contribution in [0.15, 0.2) is 72.8 Å². The number of hydrogen-bond acceptors (Lipinski definition) is 4. The van der Waals surface area contributed by atoms with Crippen molar-refractivity contribution >= 4 is 28.5 Å². The summed E-state index contributed by atoms with van der Waals surface area (Å²) in [6.45, 7) is 2.90. The fourth-order valence-corrected chi connectivity index (χ4v) is 3.75. The summed E-state index contributed by atoms with van der Waals surface area (Å²) in [6.07, 6.45) is 0. The zero-order valence-corrected chi connectivity index (χ0v) is 18.7. The Bertz CT molecular complexity index is 1220. The quantitative estimate of drug-likeness (QED) is 0.398. The van der Waals surface area contributed by atoms with E-state index in [0.29, 0.717) is 35.2 Å². The van der Waals surface area contributed by atoms with Crippen LogP contribution in [0.1, 0.15) is 29.1 Å². The van der Waals surface area contributed by atoms with Crippen molar-refractivity contribution in [3.05, 3.63) is 89.2 Å². The van der Waals surface area contributed by atoms with Crippen LogP contribution in [0.5, 0.6) is 11.5 Å². The standard InChI is InChI=1S/C25H24ClN3O3/c1-17(27-25(30)18-11-13-19(31-2)14-12-18)24-28-21-8-4-5-9-22(21)29(24)15-16-32-23-10-6-3-7-20(23)26/h3-14,17H,15-16H2,1-2H3,(H,27,30). The van der Waals surface area contributed by atoms with Crippen LogP contribution < -0.4 is 14.8 Å². The number of imidazole rings is 1. The van der Waals surface area contributed by atoms with Crippen molar-refractivity contribution in [1.29, 1.82) is 0 Å². The Morgan fingerprint density at radius 1 is 1.06 bits per heavy atom. The zero-order valence-electron chi connectivity index (χ0n) is 17.9. The number of benzene rings is 3. The lowest BCUT2D eigenvalue weighted by atomic mass is 10.2. The highest BCUT2D eigenvalue weighted by Crippen LogP contribution is 2.24. The van der Waals surface area contributed by atoms with E-state index in [0.717, 1.165) is 16.9 Å². The minimum absolute atomic E-state index is 0.175. The summed E-state index contributed by atoms with van der Waals surface area (Å²) in [7, 11) is 1.59. The van der Waals surface area contributed by atoms with E-state index in [1.807, 2.05) is 49.4 Å². The highest BCUT2D eigenvalue weighted by atomic mass is 35.5. The lowest BCUT2D eigenvalue weighted by Gasteiger charge is -2.17. The number of hydrogen-bond donors (Lipinski definition) is 1. The van der Waals surface area contributed by atoms with Crippen LogP contribution in [0.2, 0.25) is 5.02 Å². The first-order valence-corrected chi connectivity index (χ1v) is 10.7. The first kappa shape index (κ1) is 21.7. The molecule has 1 amide bonds. The predicted octanol–water partition coefficient (Wildman–Crippen LogP) is 5.27. The Morgan fingerprint density at radius 3 is 2.53 bits per heavy atom. The molecule has 3 aromatic carbocycles. The van der Waals surface area contributed by atoms with Gasteiger partial charge in [0.2, 0.25) is 0 Å². The van der Waals surface area contributed by atoms with Crippen LogP contribution >= 0.6 is 11.6 Å². The molecule has 1 unspecified atom stereocenters. The van der Waals surface area contributed by atoms with E-state index in [2.05, 4.69) is 9.88 Å². The maximum Gasteiger partial charge on any atom is 0.251 e. The summed E-state index contributed by atoms with van der Waals surface area (Å²) in [4.78, 5) is 17.5. The molecule has 1 atom stereocenters. The third kappa shape index (κ3) is 4.70. The van der Waals surface area contributed by atoms with Gasteiger partial charge in [-0.05, 0) is 55.5 Å². The summed E-state index contributed by atoms with van der Waals surface area (Å²) in [5.74, 6) is 1.93. The molecule has 0 spiro atoms. The van der Waals surface area contributed by atoms with E-state index in [1.165, 1.54) is 0 Å². The first-order chi connectivity index (χ1) is 15.6. The van der Waals surface area contributed by atoms with Crippen LogP contribution in [0, 0.1) is 0 Å². The van der Waals surface area contributed by atoms with E-state index in [9.17, 15) is 4.79 Å². The van der Waals surface area contributed by atoms with E-state index in [-0.39, 0.29) is 11.9 Å². The minimum Gasteiger partial charge on any atom is -0.497 e. The molecule has 4 rings (SSSR count). The largest absolute Gasteiger partial charge is 0.497 e. The van der Waals surface area contributed by atoms with E-state index >= 15 is 0 Å². The molecule has 0 fully saturated rings. The molecular formula is C25H24ClN3O3. The molecule has 0 saturated heterocycles. The van der Waals surface area contributed by atoms with Crippen molar-refractivity contribution in [2.45, 2.75) is 19.5 Å². The van der Waals surface area contributed by atoms with Gasteiger partial charge in [0.25, 0.3) is 5.91 Å². The molecule has 6 nitrogen and oxygen atoms in total. The topological polar surface area (TPSA) is 65.4 Å². The lowest BCUT2D eigenvalue weighted by Crippen LogP contribution is -2.29. The van der Waals surface area contributed by atoms with Crippen molar-refractivity contribution in [2.24, 2.45) is 0 Å². The maximum atomic E-state index is 12.8. The molecule has 0 bridgehead atoms. The molecule has 0 aliphatic rings. The summed E-state index contributed by atoms with van der Waals surface area (Å²) < 4.78 is 13.1. The molecule has 1 heterocycles. The average Bonchev–Trinajstić information content (AvgIpc) is 3.19. The van der Waals surface area contributed by atoms with Gasteiger partial charge in [-0.3, -0.25) is 4.79 Å². The number of carbonyl (C=O) groups excluding carboxylic acids is 1. The second-order valence-corrected chi connectivity index (χ2v) is 7.72. The second kappa shape index (κ2) is 9.75. The molecule has 0 radical (unpaired) electrons. The van der Waals surface area contributed by atoms with Gasteiger partial charge in [-0.25, -0.2) is 4.98 Å². The fraction of sp³-hybridized carbons (Fsp3) is 0.200. The number of nitrogens with zero attached hydrogens (tertiary/aromatic N) is 2. The number of ether oxygens (including phenoxy) is 2. The number of amides is 1. The maximum absolute atomic E-state index is 12.8. The van der Waals surface area contributed by atoms with Crippen LogP contribution in [0.25, 0.3) is 11.0 Å². The van der Waals surface area contributed by atoms with Crippen molar-refractivity contribution in [2.75, 3.05) is 13.7 Å². The molecule has 0 saturated carbocycles. The van der Waals surface area contributed by atoms with Gasteiger partial charge in [0, 0.05) is 5.56 Å². The molecule has 1 N–H and O–H groups in total. The third-order valence-corrected chi connectivity index (χ3v) is 5.49. The van der Waals surface area contributed by atoms with Crippen molar-refractivity contribution in [3.63, 3.8) is 0 Å². The molecule has 0 aliphatic heterocycles. The lowest BCUT2D eigenvalue weighted by molar-refractivity contribution is 0.0937. The Balaban J connectivity index is 1.53. The summed E-state index contributed by atoms with van der Waals surface area (Å²) in [6, 6.07) is 22.0. The fourth-order valence-electron chi connectivity index (χ4n) is 3.56. The third-order valence-electron chi connectivity index (χ3n) is 5.18. The normalized spacial score (nSPS) is 11.8. The second-order valence-electron chi connectivity index (χ2n) is 7.31. The van der Waals surface area contributed by atoms with Crippen molar-refractivity contribution < 1.29 is 14.3 Å². The summed E-state index contributed by atoms with van der Waals surface area (Å²) in [5.41, 5.74) is 2.41. The average molecular weight is 450 g/mol. The number of carbonyl (C=O) groups is 1. The highest BCUT2D eigenvalue weighted by molar-refractivity contribution is 6.32. The Kier molecular flexibility index (Phi) is 6.61. The number of rotatable bonds is 8. The zero-order chi connectivity index (χ0) is 22.5. The number of methoxy groups -OCH3 is 1. The Labute approximate surface area is 191 Å². The molecule has 4 aromatic rings. The minimum atomic E-state index is -0.308. The first-order valence-electron chi connectivity index (χ1n) is 10.3. The van der Waals surface area contributed by atoms with Gasteiger partial charge in [-0.15, -0.1) is 0 Å². The number of fused-ring (bicyclic) bond motifs is 1. The molecule has 0 aliphatic carbocycles. The SMILES string of the molecule is COc1ccc(C(=O)NC(C)c2nc3ccccc3n2CCOc2ccccc2Cl)cc1. The van der Waals surface area contributed by atoms with Gasteiger partial charge in [0.1, 0.15) is 23.9 Å². The number of halogens is 1. The highest BCUT2D eigenvalue weighted by Gasteiger charge is 2.19. The molecule has 7 heteroatoms. The van der Waals surface area contributed by atoms with Gasteiger partial charge >= 0.3 is 0 Å². The van der Waals surface area contributed by atoms with Gasteiger partial charge in [0.15, 0.2) is 0 Å². The van der Waals surface area contributed by atoms with E-state index in [1.54, 1.807) is 37.4 Å². The number of aromatic nitrogens is 2. The van der Waals surface area contributed by atoms with E-state index in [4.69, 9.17) is 26.1 Å². The monoisotopic (exact) mass is 449 g/mol.